The highest BCUT2D eigenvalue weighted by Crippen LogP contribution is 2.18. The number of thioether (sulfide) groups is 1. The molecule has 80 valence electrons. The summed E-state index contributed by atoms with van der Waals surface area (Å²) in [6.45, 7) is 4.37. The lowest BCUT2D eigenvalue weighted by Gasteiger charge is -2.17. The first-order valence-electron chi connectivity index (χ1n) is 5.00. The summed E-state index contributed by atoms with van der Waals surface area (Å²) in [7, 11) is 2.00. The summed E-state index contributed by atoms with van der Waals surface area (Å²) >= 11 is 1.73. The van der Waals surface area contributed by atoms with E-state index < -0.39 is 0 Å². The number of nitrogens with two attached hydrogens (primary N) is 1. The minimum Gasteiger partial charge on any atom is -0.329 e. The monoisotopic (exact) mass is 213 g/mol. The maximum absolute atomic E-state index is 6.04. The first-order valence-corrected chi connectivity index (χ1v) is 5.99. The Hall–Kier alpha value is -0.480. The van der Waals surface area contributed by atoms with Gasteiger partial charge in [-0.2, -0.15) is 0 Å². The molecule has 0 amide bonds. The van der Waals surface area contributed by atoms with Gasteiger partial charge in [-0.25, -0.2) is 4.98 Å². The first kappa shape index (κ1) is 11.6. The van der Waals surface area contributed by atoms with E-state index in [1.165, 1.54) is 0 Å². The molecule has 2 atom stereocenters. The quantitative estimate of drug-likeness (QED) is 0.760. The van der Waals surface area contributed by atoms with Gasteiger partial charge < -0.3 is 10.3 Å². The minimum absolute atomic E-state index is 0.265. The van der Waals surface area contributed by atoms with Crippen molar-refractivity contribution < 1.29 is 0 Å². The van der Waals surface area contributed by atoms with Crippen LogP contribution in [0.25, 0.3) is 0 Å². The third kappa shape index (κ3) is 3.03. The Bertz CT molecular complexity index is 272. The molecule has 0 saturated heterocycles. The molecule has 0 aromatic carbocycles. The highest BCUT2D eigenvalue weighted by atomic mass is 32.2. The third-order valence-corrected chi connectivity index (χ3v) is 3.76. The van der Waals surface area contributed by atoms with Gasteiger partial charge in [-0.3, -0.25) is 0 Å². The van der Waals surface area contributed by atoms with Crippen molar-refractivity contribution in [2.75, 3.05) is 5.75 Å². The fourth-order valence-corrected chi connectivity index (χ4v) is 2.20. The largest absolute Gasteiger partial charge is 0.329 e. The van der Waals surface area contributed by atoms with Crippen LogP contribution >= 0.6 is 11.8 Å². The third-order valence-electron chi connectivity index (χ3n) is 2.56. The van der Waals surface area contributed by atoms with Crippen LogP contribution in [0.3, 0.4) is 0 Å². The number of rotatable bonds is 5. The van der Waals surface area contributed by atoms with Crippen molar-refractivity contribution >= 4 is 11.8 Å². The highest BCUT2D eigenvalue weighted by Gasteiger charge is 2.11. The van der Waals surface area contributed by atoms with Crippen molar-refractivity contribution in [3.63, 3.8) is 0 Å². The van der Waals surface area contributed by atoms with Crippen LogP contribution in [-0.2, 0) is 7.05 Å². The van der Waals surface area contributed by atoms with Crippen LogP contribution in [0.2, 0.25) is 0 Å². The molecule has 0 aliphatic carbocycles. The number of imidazole rings is 1. The summed E-state index contributed by atoms with van der Waals surface area (Å²) in [5.74, 6) is 1.53. The van der Waals surface area contributed by atoms with Crippen LogP contribution in [0.5, 0.6) is 0 Å². The first-order chi connectivity index (χ1) is 6.65. The standard InChI is InChI=1S/C10H19N3S/c1-4-8(2)9(11)7-14-10-12-5-6-13(10)3/h5-6,8-9H,4,7,11H2,1-3H3/t8-,9+/m1/s1. The molecule has 0 spiro atoms. The maximum atomic E-state index is 6.04. The molecule has 1 aromatic rings. The average molecular weight is 213 g/mol. The van der Waals surface area contributed by atoms with Crippen molar-refractivity contribution in [1.29, 1.82) is 0 Å². The summed E-state index contributed by atoms with van der Waals surface area (Å²) in [5, 5.41) is 1.05. The predicted molar refractivity (Wildman–Crippen MR) is 61.4 cm³/mol. The number of hydrogen-bond donors (Lipinski definition) is 1. The molecule has 3 nitrogen and oxygen atoms in total. The summed E-state index contributed by atoms with van der Waals surface area (Å²) in [6.07, 6.45) is 4.91. The van der Waals surface area contributed by atoms with E-state index in [0.29, 0.717) is 5.92 Å². The van der Waals surface area contributed by atoms with Crippen LogP contribution in [0.15, 0.2) is 17.6 Å². The molecule has 2 N–H and O–H groups in total. The van der Waals surface area contributed by atoms with E-state index in [0.717, 1.165) is 17.3 Å². The second-order valence-electron chi connectivity index (χ2n) is 3.68. The topological polar surface area (TPSA) is 43.8 Å². The Labute approximate surface area is 90.1 Å². The number of nitrogens with zero attached hydrogens (tertiary/aromatic N) is 2. The van der Waals surface area contributed by atoms with Crippen molar-refractivity contribution in [3.05, 3.63) is 12.4 Å². The molecule has 1 rings (SSSR count). The van der Waals surface area contributed by atoms with Gasteiger partial charge in [0.25, 0.3) is 0 Å². The maximum Gasteiger partial charge on any atom is 0.167 e. The molecule has 0 fully saturated rings. The van der Waals surface area contributed by atoms with Gasteiger partial charge in [0.05, 0.1) is 0 Å². The van der Waals surface area contributed by atoms with Gasteiger partial charge in [-0.1, -0.05) is 32.0 Å². The fraction of sp³-hybridized carbons (Fsp3) is 0.700. The normalized spacial score (nSPS) is 15.4. The van der Waals surface area contributed by atoms with Gasteiger partial charge in [-0.15, -0.1) is 0 Å². The molecule has 0 aliphatic heterocycles. The molecule has 4 heteroatoms. The van der Waals surface area contributed by atoms with E-state index in [-0.39, 0.29) is 6.04 Å². The molecule has 1 heterocycles. The molecule has 0 saturated carbocycles. The summed E-state index contributed by atoms with van der Waals surface area (Å²) in [5.41, 5.74) is 6.04. The SMILES string of the molecule is CC[C@@H](C)[C@@H](N)CSc1nccn1C. The Morgan fingerprint density at radius 3 is 2.86 bits per heavy atom. The van der Waals surface area contributed by atoms with Crippen molar-refractivity contribution in [2.45, 2.75) is 31.5 Å². The van der Waals surface area contributed by atoms with Crippen LogP contribution in [0.4, 0.5) is 0 Å². The molecular formula is C10H19N3S. The van der Waals surface area contributed by atoms with E-state index in [1.54, 1.807) is 11.8 Å². The van der Waals surface area contributed by atoms with E-state index in [9.17, 15) is 0 Å². The van der Waals surface area contributed by atoms with E-state index in [4.69, 9.17) is 5.73 Å². The smallest absolute Gasteiger partial charge is 0.167 e. The number of hydrogen-bond acceptors (Lipinski definition) is 3. The molecule has 1 aromatic heterocycles. The van der Waals surface area contributed by atoms with Gasteiger partial charge in [0, 0.05) is 31.2 Å². The molecule has 0 bridgehead atoms. The predicted octanol–water partition coefficient (Wildman–Crippen LogP) is 1.89. The van der Waals surface area contributed by atoms with Crippen LogP contribution in [0, 0.1) is 5.92 Å². The van der Waals surface area contributed by atoms with Crippen LogP contribution in [-0.4, -0.2) is 21.3 Å². The molecule has 0 unspecified atom stereocenters. The Morgan fingerprint density at radius 2 is 2.36 bits per heavy atom. The van der Waals surface area contributed by atoms with Gasteiger partial charge in [0.15, 0.2) is 5.16 Å². The van der Waals surface area contributed by atoms with Crippen LogP contribution in [0.1, 0.15) is 20.3 Å². The molecule has 0 radical (unpaired) electrons. The van der Waals surface area contributed by atoms with Crippen molar-refractivity contribution in [1.82, 2.24) is 9.55 Å². The Morgan fingerprint density at radius 1 is 1.64 bits per heavy atom. The van der Waals surface area contributed by atoms with E-state index in [2.05, 4.69) is 18.8 Å². The Kier molecular flexibility index (Phi) is 4.48. The highest BCUT2D eigenvalue weighted by molar-refractivity contribution is 7.99. The average Bonchev–Trinajstić information content (AvgIpc) is 2.59. The molecule has 14 heavy (non-hydrogen) atoms. The molecule has 0 aliphatic rings. The zero-order valence-corrected chi connectivity index (χ0v) is 9.92. The van der Waals surface area contributed by atoms with Gasteiger partial charge in [0.2, 0.25) is 0 Å². The number of aryl methyl sites for hydroxylation is 1. The second-order valence-corrected chi connectivity index (χ2v) is 4.67. The van der Waals surface area contributed by atoms with Crippen molar-refractivity contribution in [2.24, 2.45) is 18.7 Å². The fourth-order valence-electron chi connectivity index (χ4n) is 1.13. The molecular weight excluding hydrogens is 194 g/mol. The van der Waals surface area contributed by atoms with E-state index >= 15 is 0 Å². The summed E-state index contributed by atoms with van der Waals surface area (Å²) in [6, 6.07) is 0.265. The summed E-state index contributed by atoms with van der Waals surface area (Å²) in [4.78, 5) is 4.24. The second kappa shape index (κ2) is 5.41. The number of aromatic nitrogens is 2. The lowest BCUT2D eigenvalue weighted by atomic mass is 10.0. The van der Waals surface area contributed by atoms with Gasteiger partial charge >= 0.3 is 0 Å². The van der Waals surface area contributed by atoms with Gasteiger partial charge in [0.1, 0.15) is 0 Å². The zero-order valence-electron chi connectivity index (χ0n) is 9.10. The van der Waals surface area contributed by atoms with E-state index in [1.807, 2.05) is 24.0 Å². The van der Waals surface area contributed by atoms with Crippen molar-refractivity contribution in [3.8, 4) is 0 Å². The van der Waals surface area contributed by atoms with Crippen LogP contribution < -0.4 is 5.73 Å². The minimum atomic E-state index is 0.265. The lowest BCUT2D eigenvalue weighted by molar-refractivity contribution is 0.475. The zero-order chi connectivity index (χ0) is 10.6. The van der Waals surface area contributed by atoms with Gasteiger partial charge in [-0.05, 0) is 5.92 Å². The summed E-state index contributed by atoms with van der Waals surface area (Å²) < 4.78 is 2.02. The Balaban J connectivity index is 2.37. The lowest BCUT2D eigenvalue weighted by Crippen LogP contribution is -2.30.